The molecule has 1 unspecified atom stereocenters. The van der Waals surface area contributed by atoms with Crippen molar-refractivity contribution in [1.29, 1.82) is 0 Å². The highest BCUT2D eigenvalue weighted by atomic mass is 16.5. The van der Waals surface area contributed by atoms with Gasteiger partial charge in [-0.1, -0.05) is 33.8 Å². The number of phenolic OH excluding ortho intramolecular Hbond substituents is 1. The number of aromatic hydroxyl groups is 1. The van der Waals surface area contributed by atoms with Gasteiger partial charge < -0.3 is 9.84 Å². The van der Waals surface area contributed by atoms with Gasteiger partial charge >= 0.3 is 0 Å². The number of rotatable bonds is 5. The molecule has 118 valence electrons. The van der Waals surface area contributed by atoms with E-state index in [-0.39, 0.29) is 0 Å². The molecule has 1 aromatic rings. The van der Waals surface area contributed by atoms with Crippen LogP contribution in [0.2, 0.25) is 0 Å². The maximum absolute atomic E-state index is 10.2. The molecular weight excluding hydrogens is 262 g/mol. The highest BCUT2D eigenvalue weighted by Crippen LogP contribution is 2.35. The van der Waals surface area contributed by atoms with Gasteiger partial charge in [0, 0.05) is 24.7 Å². The standard InChI is InChI=1S/C18H29NO2/c1-5-10-21-16-7-6-14(17(20)11-16)12-19-9-8-15(13-19)18(2,3)4/h6-7,11,15,20H,5,8-10,12-13H2,1-4H3. The fourth-order valence-electron chi connectivity index (χ4n) is 2.91. The Kier molecular flexibility index (Phi) is 5.15. The van der Waals surface area contributed by atoms with Gasteiger partial charge in [-0.2, -0.15) is 0 Å². The van der Waals surface area contributed by atoms with E-state index >= 15 is 0 Å². The maximum Gasteiger partial charge on any atom is 0.123 e. The summed E-state index contributed by atoms with van der Waals surface area (Å²) in [6.45, 7) is 12.8. The number of benzene rings is 1. The third kappa shape index (κ3) is 4.37. The number of nitrogens with zero attached hydrogens (tertiary/aromatic N) is 1. The lowest BCUT2D eigenvalue weighted by Crippen LogP contribution is -2.25. The smallest absolute Gasteiger partial charge is 0.123 e. The lowest BCUT2D eigenvalue weighted by Gasteiger charge is -2.27. The molecule has 0 bridgehead atoms. The molecular formula is C18H29NO2. The number of phenols is 1. The molecule has 2 rings (SSSR count). The van der Waals surface area contributed by atoms with Gasteiger partial charge in [0.2, 0.25) is 0 Å². The van der Waals surface area contributed by atoms with E-state index in [9.17, 15) is 5.11 Å². The Balaban J connectivity index is 1.95. The predicted octanol–water partition coefficient (Wildman–Crippen LogP) is 4.05. The van der Waals surface area contributed by atoms with Crippen LogP contribution in [-0.4, -0.2) is 29.7 Å². The van der Waals surface area contributed by atoms with E-state index in [0.717, 1.165) is 43.3 Å². The Bertz CT molecular complexity index is 465. The number of hydrogen-bond acceptors (Lipinski definition) is 3. The molecule has 0 amide bonds. The zero-order valence-electron chi connectivity index (χ0n) is 13.9. The Hall–Kier alpha value is -1.22. The lowest BCUT2D eigenvalue weighted by molar-refractivity contribution is 0.225. The molecule has 1 heterocycles. The Morgan fingerprint density at radius 2 is 2.10 bits per heavy atom. The Morgan fingerprint density at radius 1 is 1.33 bits per heavy atom. The van der Waals surface area contributed by atoms with Crippen molar-refractivity contribution in [2.24, 2.45) is 11.3 Å². The van der Waals surface area contributed by atoms with E-state index in [1.807, 2.05) is 12.1 Å². The summed E-state index contributed by atoms with van der Waals surface area (Å²) in [6.07, 6.45) is 2.23. The molecule has 0 aromatic heterocycles. The molecule has 0 aliphatic carbocycles. The van der Waals surface area contributed by atoms with Crippen molar-refractivity contribution >= 4 is 0 Å². The molecule has 0 radical (unpaired) electrons. The number of likely N-dealkylation sites (tertiary alicyclic amines) is 1. The number of hydrogen-bond donors (Lipinski definition) is 1. The summed E-state index contributed by atoms with van der Waals surface area (Å²) in [5.74, 6) is 1.85. The van der Waals surface area contributed by atoms with Gasteiger partial charge in [-0.15, -0.1) is 0 Å². The van der Waals surface area contributed by atoms with Crippen molar-refractivity contribution in [1.82, 2.24) is 4.90 Å². The summed E-state index contributed by atoms with van der Waals surface area (Å²) in [5, 5.41) is 10.2. The molecule has 1 aromatic carbocycles. The molecule has 1 atom stereocenters. The fraction of sp³-hybridized carbons (Fsp3) is 0.667. The van der Waals surface area contributed by atoms with Crippen molar-refractivity contribution in [3.63, 3.8) is 0 Å². The zero-order chi connectivity index (χ0) is 15.5. The van der Waals surface area contributed by atoms with Crippen LogP contribution in [0.3, 0.4) is 0 Å². The molecule has 1 N–H and O–H groups in total. The van der Waals surface area contributed by atoms with Gasteiger partial charge in [-0.25, -0.2) is 0 Å². The van der Waals surface area contributed by atoms with Crippen LogP contribution in [0.25, 0.3) is 0 Å². The monoisotopic (exact) mass is 291 g/mol. The summed E-state index contributed by atoms with van der Waals surface area (Å²) in [6, 6.07) is 5.69. The van der Waals surface area contributed by atoms with E-state index in [2.05, 4.69) is 32.6 Å². The first-order valence-corrected chi connectivity index (χ1v) is 8.07. The summed E-state index contributed by atoms with van der Waals surface area (Å²) < 4.78 is 5.55. The topological polar surface area (TPSA) is 32.7 Å². The number of ether oxygens (including phenoxy) is 1. The average molecular weight is 291 g/mol. The van der Waals surface area contributed by atoms with Crippen molar-refractivity contribution in [2.45, 2.75) is 47.1 Å². The Labute approximate surface area is 128 Å². The minimum Gasteiger partial charge on any atom is -0.507 e. The van der Waals surface area contributed by atoms with E-state index < -0.39 is 0 Å². The largest absolute Gasteiger partial charge is 0.507 e. The minimum atomic E-state index is 0.350. The normalized spacial score (nSPS) is 19.9. The van der Waals surface area contributed by atoms with Crippen molar-refractivity contribution in [3.8, 4) is 11.5 Å². The van der Waals surface area contributed by atoms with E-state index in [4.69, 9.17) is 4.74 Å². The van der Waals surface area contributed by atoms with Gasteiger partial charge in [0.05, 0.1) is 6.61 Å². The van der Waals surface area contributed by atoms with Crippen LogP contribution in [0.15, 0.2) is 18.2 Å². The first-order chi connectivity index (χ1) is 9.90. The lowest BCUT2D eigenvalue weighted by atomic mass is 9.80. The molecule has 1 saturated heterocycles. The van der Waals surface area contributed by atoms with E-state index in [0.29, 0.717) is 17.8 Å². The van der Waals surface area contributed by atoms with Gasteiger partial charge in [-0.3, -0.25) is 4.90 Å². The van der Waals surface area contributed by atoms with Crippen LogP contribution in [0, 0.1) is 11.3 Å². The van der Waals surface area contributed by atoms with E-state index in [1.54, 1.807) is 6.07 Å². The molecule has 1 aliphatic heterocycles. The van der Waals surface area contributed by atoms with Crippen LogP contribution in [0.1, 0.15) is 46.1 Å². The minimum absolute atomic E-state index is 0.350. The average Bonchev–Trinajstić information content (AvgIpc) is 2.88. The highest BCUT2D eigenvalue weighted by Gasteiger charge is 2.31. The first kappa shape index (κ1) is 16.2. The van der Waals surface area contributed by atoms with Gasteiger partial charge in [0.1, 0.15) is 11.5 Å². The molecule has 3 heteroatoms. The maximum atomic E-state index is 10.2. The third-order valence-electron chi connectivity index (χ3n) is 4.42. The first-order valence-electron chi connectivity index (χ1n) is 8.07. The molecule has 21 heavy (non-hydrogen) atoms. The highest BCUT2D eigenvalue weighted by molar-refractivity contribution is 5.39. The third-order valence-corrected chi connectivity index (χ3v) is 4.42. The van der Waals surface area contributed by atoms with Gasteiger partial charge in [-0.05, 0) is 36.8 Å². The van der Waals surface area contributed by atoms with E-state index in [1.165, 1.54) is 6.42 Å². The van der Waals surface area contributed by atoms with Crippen LogP contribution in [0.4, 0.5) is 0 Å². The van der Waals surface area contributed by atoms with Gasteiger partial charge in [0.25, 0.3) is 0 Å². The quantitative estimate of drug-likeness (QED) is 0.888. The predicted molar refractivity (Wildman–Crippen MR) is 86.7 cm³/mol. The summed E-state index contributed by atoms with van der Waals surface area (Å²) >= 11 is 0. The van der Waals surface area contributed by atoms with Crippen LogP contribution < -0.4 is 4.74 Å². The molecule has 1 aliphatic rings. The summed E-state index contributed by atoms with van der Waals surface area (Å²) in [4.78, 5) is 2.44. The summed E-state index contributed by atoms with van der Waals surface area (Å²) in [7, 11) is 0. The van der Waals surface area contributed by atoms with Gasteiger partial charge in [0.15, 0.2) is 0 Å². The SMILES string of the molecule is CCCOc1ccc(CN2CCC(C(C)(C)C)C2)c(O)c1. The Morgan fingerprint density at radius 3 is 2.67 bits per heavy atom. The summed E-state index contributed by atoms with van der Waals surface area (Å²) in [5.41, 5.74) is 1.36. The van der Waals surface area contributed by atoms with Crippen LogP contribution in [0.5, 0.6) is 11.5 Å². The van der Waals surface area contributed by atoms with Crippen LogP contribution >= 0.6 is 0 Å². The van der Waals surface area contributed by atoms with Crippen molar-refractivity contribution in [2.75, 3.05) is 19.7 Å². The van der Waals surface area contributed by atoms with Crippen molar-refractivity contribution in [3.05, 3.63) is 23.8 Å². The second-order valence-electron chi connectivity index (χ2n) is 7.23. The second kappa shape index (κ2) is 6.69. The second-order valence-corrected chi connectivity index (χ2v) is 7.23. The molecule has 0 spiro atoms. The zero-order valence-corrected chi connectivity index (χ0v) is 13.9. The fourth-order valence-corrected chi connectivity index (χ4v) is 2.91. The van der Waals surface area contributed by atoms with Crippen LogP contribution in [-0.2, 0) is 6.54 Å². The molecule has 1 fully saturated rings. The molecule has 0 saturated carbocycles. The molecule has 3 nitrogen and oxygen atoms in total. The van der Waals surface area contributed by atoms with Crippen molar-refractivity contribution < 1.29 is 9.84 Å².